The maximum absolute atomic E-state index is 13.4. The highest BCUT2D eigenvalue weighted by atomic mass is 16.2. The number of hydrogen-bond acceptors (Lipinski definition) is 6. The first-order chi connectivity index (χ1) is 18.0. The number of anilines is 1. The molecule has 6 rings (SSSR count). The van der Waals surface area contributed by atoms with Crippen LogP contribution in [-0.2, 0) is 31.2 Å². The zero-order valence-corrected chi connectivity index (χ0v) is 20.3. The van der Waals surface area contributed by atoms with Crippen LogP contribution in [0.25, 0.3) is 0 Å². The molecule has 10 heteroatoms. The molecule has 1 atom stereocenters. The number of aryl methyl sites for hydroxylation is 2. The fraction of sp³-hybridized carbons (Fsp3) is 0.259. The van der Waals surface area contributed by atoms with Gasteiger partial charge in [-0.3, -0.25) is 19.3 Å². The lowest BCUT2D eigenvalue weighted by atomic mass is 9.99. The number of amides is 2. The van der Waals surface area contributed by atoms with E-state index in [1.54, 1.807) is 26.7 Å². The Balaban J connectivity index is 1.18. The molecule has 1 unspecified atom stereocenters. The molecule has 184 valence electrons. The van der Waals surface area contributed by atoms with Gasteiger partial charge in [-0.05, 0) is 54.7 Å². The standard InChI is InChI=1S/C27H24N8O2/c1-33-15-19(14-30-33)6-5-18-12-20-7-8-23(27(37)35-11-9-21(13-18)24(20)35)31-26(36)25-29-17-34(32-25)16-22-4-2-3-10-28-22/h2-4,10,12-15,17,23H,7-9,11,16H2,1H3,(H,31,36). The number of nitrogens with zero attached hydrogens (tertiary/aromatic N) is 7. The molecule has 1 aromatic carbocycles. The fourth-order valence-electron chi connectivity index (χ4n) is 4.86. The molecule has 0 radical (unpaired) electrons. The van der Waals surface area contributed by atoms with Gasteiger partial charge in [0.05, 0.1) is 29.7 Å². The van der Waals surface area contributed by atoms with E-state index in [-0.39, 0.29) is 11.7 Å². The third kappa shape index (κ3) is 4.59. The molecule has 2 aliphatic rings. The second-order valence-corrected chi connectivity index (χ2v) is 9.19. The summed E-state index contributed by atoms with van der Waals surface area (Å²) in [5.74, 6) is 5.85. The van der Waals surface area contributed by atoms with Gasteiger partial charge in [-0.25, -0.2) is 9.67 Å². The van der Waals surface area contributed by atoms with Gasteiger partial charge in [0.1, 0.15) is 12.4 Å². The SMILES string of the molecule is Cn1cc(C#Cc2cc3c4c(c2)CCN4C(=O)C(NC(=O)c2ncn(Cc4ccccn4)n2)CC3)cn1. The van der Waals surface area contributed by atoms with Gasteiger partial charge in [0, 0.05) is 31.5 Å². The normalized spacial score (nSPS) is 16.1. The second-order valence-electron chi connectivity index (χ2n) is 9.19. The van der Waals surface area contributed by atoms with Crippen molar-refractivity contribution in [3.8, 4) is 11.8 Å². The molecule has 37 heavy (non-hydrogen) atoms. The van der Waals surface area contributed by atoms with Crippen molar-refractivity contribution in [2.75, 3.05) is 11.4 Å². The van der Waals surface area contributed by atoms with Gasteiger partial charge in [-0.1, -0.05) is 17.9 Å². The molecule has 2 amide bonds. The maximum Gasteiger partial charge on any atom is 0.291 e. The van der Waals surface area contributed by atoms with E-state index < -0.39 is 11.9 Å². The molecular formula is C27H24N8O2. The quantitative estimate of drug-likeness (QED) is 0.432. The highest BCUT2D eigenvalue weighted by Crippen LogP contribution is 2.36. The predicted octanol–water partition coefficient (Wildman–Crippen LogP) is 1.49. The molecule has 5 heterocycles. The predicted molar refractivity (Wildman–Crippen MR) is 135 cm³/mol. The summed E-state index contributed by atoms with van der Waals surface area (Å²) in [6.45, 7) is 0.991. The topological polar surface area (TPSA) is 111 Å². The van der Waals surface area contributed by atoms with Crippen molar-refractivity contribution in [2.45, 2.75) is 31.8 Å². The van der Waals surface area contributed by atoms with Crippen molar-refractivity contribution >= 4 is 17.5 Å². The number of carbonyl (C=O) groups is 2. The molecule has 0 fully saturated rings. The smallest absolute Gasteiger partial charge is 0.291 e. The summed E-state index contributed by atoms with van der Waals surface area (Å²) in [7, 11) is 1.86. The summed E-state index contributed by atoms with van der Waals surface area (Å²) >= 11 is 0. The van der Waals surface area contributed by atoms with E-state index in [2.05, 4.69) is 49.5 Å². The molecule has 0 saturated heterocycles. The molecule has 0 saturated carbocycles. The summed E-state index contributed by atoms with van der Waals surface area (Å²) < 4.78 is 3.28. The summed E-state index contributed by atoms with van der Waals surface area (Å²) in [6.07, 6.45) is 8.71. The van der Waals surface area contributed by atoms with Crippen LogP contribution in [0.1, 0.15) is 45.0 Å². The Kier molecular flexibility index (Phi) is 5.73. The summed E-state index contributed by atoms with van der Waals surface area (Å²) in [5.41, 5.74) is 5.73. The lowest BCUT2D eigenvalue weighted by Gasteiger charge is -2.22. The average Bonchev–Trinajstić information content (AvgIpc) is 3.63. The highest BCUT2D eigenvalue weighted by molar-refractivity contribution is 6.03. The van der Waals surface area contributed by atoms with Gasteiger partial charge in [-0.2, -0.15) is 5.10 Å². The Labute approximate surface area is 213 Å². The van der Waals surface area contributed by atoms with Gasteiger partial charge in [0.25, 0.3) is 5.91 Å². The van der Waals surface area contributed by atoms with Crippen LogP contribution in [0.3, 0.4) is 0 Å². The number of rotatable bonds is 4. The third-order valence-corrected chi connectivity index (χ3v) is 6.56. The first-order valence-electron chi connectivity index (χ1n) is 12.1. The second kappa shape index (κ2) is 9.35. The van der Waals surface area contributed by atoms with Gasteiger partial charge < -0.3 is 10.2 Å². The Hall–Kier alpha value is -4.78. The van der Waals surface area contributed by atoms with Crippen LogP contribution in [0.5, 0.6) is 0 Å². The Morgan fingerprint density at radius 2 is 1.97 bits per heavy atom. The van der Waals surface area contributed by atoms with Crippen molar-refractivity contribution in [3.63, 3.8) is 0 Å². The molecule has 0 spiro atoms. The lowest BCUT2D eigenvalue weighted by Crippen LogP contribution is -2.47. The van der Waals surface area contributed by atoms with E-state index in [1.165, 1.54) is 6.33 Å². The minimum atomic E-state index is -0.654. The average molecular weight is 493 g/mol. The van der Waals surface area contributed by atoms with Crippen LogP contribution >= 0.6 is 0 Å². The van der Waals surface area contributed by atoms with E-state index in [4.69, 9.17) is 0 Å². The Morgan fingerprint density at radius 1 is 1.14 bits per heavy atom. The molecule has 0 bridgehead atoms. The summed E-state index contributed by atoms with van der Waals surface area (Å²) in [4.78, 5) is 36.5. The molecular weight excluding hydrogens is 468 g/mol. The zero-order chi connectivity index (χ0) is 25.4. The van der Waals surface area contributed by atoms with E-state index in [0.29, 0.717) is 25.9 Å². The third-order valence-electron chi connectivity index (χ3n) is 6.56. The molecule has 10 nitrogen and oxygen atoms in total. The number of benzene rings is 1. The number of hydrogen-bond donors (Lipinski definition) is 1. The Bertz CT molecular complexity index is 1560. The highest BCUT2D eigenvalue weighted by Gasteiger charge is 2.36. The largest absolute Gasteiger partial charge is 0.337 e. The molecule has 2 aliphatic heterocycles. The maximum atomic E-state index is 13.4. The van der Waals surface area contributed by atoms with Gasteiger partial charge in [0.2, 0.25) is 11.7 Å². The number of aromatic nitrogens is 6. The molecule has 4 aromatic rings. The minimum absolute atomic E-state index is 0.0283. The van der Waals surface area contributed by atoms with Crippen molar-refractivity contribution in [2.24, 2.45) is 7.05 Å². The van der Waals surface area contributed by atoms with E-state index >= 15 is 0 Å². The van der Waals surface area contributed by atoms with E-state index in [1.807, 2.05) is 31.4 Å². The molecule has 1 N–H and O–H groups in total. The molecule has 3 aromatic heterocycles. The van der Waals surface area contributed by atoms with Crippen LogP contribution in [-0.4, -0.2) is 53.9 Å². The van der Waals surface area contributed by atoms with Gasteiger partial charge in [-0.15, -0.1) is 5.10 Å². The number of nitrogens with one attached hydrogen (secondary N) is 1. The fourth-order valence-corrected chi connectivity index (χ4v) is 4.86. The number of pyridine rings is 1. The van der Waals surface area contributed by atoms with E-state index in [0.717, 1.165) is 40.1 Å². The lowest BCUT2D eigenvalue weighted by molar-refractivity contribution is -0.120. The van der Waals surface area contributed by atoms with Crippen LogP contribution in [0.2, 0.25) is 0 Å². The van der Waals surface area contributed by atoms with Gasteiger partial charge >= 0.3 is 0 Å². The first-order valence-corrected chi connectivity index (χ1v) is 12.1. The van der Waals surface area contributed by atoms with Crippen LogP contribution < -0.4 is 10.2 Å². The summed E-state index contributed by atoms with van der Waals surface area (Å²) in [6, 6.07) is 9.07. The van der Waals surface area contributed by atoms with Crippen molar-refractivity contribution in [1.29, 1.82) is 0 Å². The van der Waals surface area contributed by atoms with Gasteiger partial charge in [0.15, 0.2) is 0 Å². The Morgan fingerprint density at radius 3 is 2.76 bits per heavy atom. The minimum Gasteiger partial charge on any atom is -0.337 e. The first kappa shape index (κ1) is 22.7. The van der Waals surface area contributed by atoms with Crippen LogP contribution in [0.4, 0.5) is 5.69 Å². The zero-order valence-electron chi connectivity index (χ0n) is 20.3. The van der Waals surface area contributed by atoms with Crippen molar-refractivity contribution < 1.29 is 9.59 Å². The monoisotopic (exact) mass is 492 g/mol. The number of carbonyl (C=O) groups excluding carboxylic acids is 2. The van der Waals surface area contributed by atoms with Crippen molar-refractivity contribution in [1.82, 2.24) is 34.8 Å². The summed E-state index contributed by atoms with van der Waals surface area (Å²) in [5, 5.41) is 11.3. The van der Waals surface area contributed by atoms with Crippen LogP contribution in [0.15, 0.2) is 55.2 Å². The van der Waals surface area contributed by atoms with Crippen molar-refractivity contribution in [3.05, 3.63) is 89.0 Å². The van der Waals surface area contributed by atoms with E-state index in [9.17, 15) is 9.59 Å². The van der Waals surface area contributed by atoms with Crippen LogP contribution in [0, 0.1) is 11.8 Å². The molecule has 0 aliphatic carbocycles.